The Hall–Kier alpha value is -3.55. The number of esters is 1. The van der Waals surface area contributed by atoms with Crippen LogP contribution in [0.1, 0.15) is 10.6 Å². The van der Waals surface area contributed by atoms with E-state index in [4.69, 9.17) is 20.8 Å². The molecule has 160 valence electrons. The third-order valence-electron chi connectivity index (χ3n) is 4.37. The molecule has 4 aromatic rings. The van der Waals surface area contributed by atoms with Crippen molar-refractivity contribution in [3.8, 4) is 0 Å². The average Bonchev–Trinajstić information content (AvgIpc) is 2.80. The van der Waals surface area contributed by atoms with Crippen LogP contribution < -0.4 is 10.7 Å². The molecule has 8 heteroatoms. The van der Waals surface area contributed by atoms with E-state index >= 15 is 0 Å². The first-order chi connectivity index (χ1) is 15.5. The summed E-state index contributed by atoms with van der Waals surface area (Å²) < 4.78 is 10.5. The van der Waals surface area contributed by atoms with Gasteiger partial charge in [-0.15, -0.1) is 0 Å². The lowest BCUT2D eigenvalue weighted by Gasteiger charge is -2.11. The van der Waals surface area contributed by atoms with Crippen molar-refractivity contribution < 1.29 is 18.7 Å². The normalized spacial score (nSPS) is 10.7. The Morgan fingerprint density at radius 3 is 2.50 bits per heavy atom. The molecule has 0 spiro atoms. The van der Waals surface area contributed by atoms with Gasteiger partial charge in [-0.2, -0.15) is 0 Å². The molecule has 0 atom stereocenters. The van der Waals surface area contributed by atoms with Crippen LogP contribution in [0.15, 0.2) is 97.9 Å². The van der Waals surface area contributed by atoms with E-state index in [1.165, 1.54) is 11.8 Å². The Kier molecular flexibility index (Phi) is 6.58. The third-order valence-corrected chi connectivity index (χ3v) is 5.71. The lowest BCUT2D eigenvalue weighted by atomic mass is 10.2. The van der Waals surface area contributed by atoms with Gasteiger partial charge in [0.1, 0.15) is 5.58 Å². The van der Waals surface area contributed by atoms with E-state index in [0.717, 1.165) is 15.9 Å². The van der Waals surface area contributed by atoms with E-state index in [1.807, 2.05) is 24.3 Å². The molecule has 4 rings (SSSR count). The van der Waals surface area contributed by atoms with Crippen LogP contribution in [0.5, 0.6) is 0 Å². The molecule has 0 aliphatic heterocycles. The maximum atomic E-state index is 12.4. The Bertz CT molecular complexity index is 1350. The van der Waals surface area contributed by atoms with Crippen molar-refractivity contribution in [2.24, 2.45) is 0 Å². The summed E-state index contributed by atoms with van der Waals surface area (Å²) in [6.07, 6.45) is 0. The Morgan fingerprint density at radius 1 is 0.969 bits per heavy atom. The van der Waals surface area contributed by atoms with E-state index in [2.05, 4.69) is 5.32 Å². The summed E-state index contributed by atoms with van der Waals surface area (Å²) in [5, 5.41) is 3.73. The number of hydrogen-bond donors (Lipinski definition) is 1. The fourth-order valence-electron chi connectivity index (χ4n) is 2.88. The van der Waals surface area contributed by atoms with Crippen molar-refractivity contribution in [2.45, 2.75) is 9.79 Å². The second-order valence-electron chi connectivity index (χ2n) is 6.65. The monoisotopic (exact) mass is 465 g/mol. The van der Waals surface area contributed by atoms with Gasteiger partial charge in [-0.1, -0.05) is 47.6 Å². The zero-order valence-electron chi connectivity index (χ0n) is 16.5. The molecule has 1 heterocycles. The van der Waals surface area contributed by atoms with Crippen molar-refractivity contribution in [3.63, 3.8) is 0 Å². The fourth-order valence-corrected chi connectivity index (χ4v) is 3.91. The zero-order valence-corrected chi connectivity index (χ0v) is 18.1. The quantitative estimate of drug-likeness (QED) is 0.384. The van der Waals surface area contributed by atoms with Crippen LogP contribution in [-0.4, -0.2) is 18.5 Å². The molecular weight excluding hydrogens is 450 g/mol. The minimum Gasteiger partial charge on any atom is -0.450 e. The van der Waals surface area contributed by atoms with Gasteiger partial charge >= 0.3 is 5.97 Å². The Morgan fingerprint density at radius 2 is 1.69 bits per heavy atom. The molecule has 1 amide bonds. The van der Waals surface area contributed by atoms with Gasteiger partial charge in [-0.05, 0) is 48.5 Å². The van der Waals surface area contributed by atoms with Crippen molar-refractivity contribution >= 4 is 51.9 Å². The fraction of sp³-hybridized carbons (Fsp3) is 0.0417. The van der Waals surface area contributed by atoms with Crippen molar-refractivity contribution in [3.05, 3.63) is 99.9 Å². The standard InChI is InChI=1S/C24H16ClNO5S/c25-15-9-11-16(12-10-15)32-22-8-4-2-6-18(22)26-23(28)14-30-24(29)21-13-19(27)17-5-1-3-7-20(17)31-21/h1-13H,14H2,(H,26,28). The topological polar surface area (TPSA) is 85.6 Å². The number of fused-ring (bicyclic) bond motifs is 1. The minimum atomic E-state index is -0.896. The number of carbonyl (C=O) groups excluding carboxylic acids is 2. The van der Waals surface area contributed by atoms with Gasteiger partial charge < -0.3 is 14.5 Å². The minimum absolute atomic E-state index is 0.264. The van der Waals surface area contributed by atoms with Gasteiger partial charge in [-0.25, -0.2) is 4.79 Å². The lowest BCUT2D eigenvalue weighted by Crippen LogP contribution is -2.21. The number of nitrogens with one attached hydrogen (secondary N) is 1. The van der Waals surface area contributed by atoms with Crippen LogP contribution in [0, 0.1) is 0 Å². The molecular formula is C24H16ClNO5S. The summed E-state index contributed by atoms with van der Waals surface area (Å²) in [6, 6.07) is 22.2. The number of para-hydroxylation sites is 2. The first-order valence-electron chi connectivity index (χ1n) is 9.52. The molecule has 6 nitrogen and oxygen atoms in total. The number of hydrogen-bond acceptors (Lipinski definition) is 6. The second-order valence-corrected chi connectivity index (χ2v) is 8.20. The summed E-state index contributed by atoms with van der Waals surface area (Å²) in [7, 11) is 0. The highest BCUT2D eigenvalue weighted by Gasteiger charge is 2.16. The molecule has 3 aromatic carbocycles. The van der Waals surface area contributed by atoms with Crippen LogP contribution in [0.25, 0.3) is 11.0 Å². The molecule has 32 heavy (non-hydrogen) atoms. The SMILES string of the molecule is O=C(COC(=O)c1cc(=O)c2ccccc2o1)Nc1ccccc1Sc1ccc(Cl)cc1. The summed E-state index contributed by atoms with van der Waals surface area (Å²) in [6.45, 7) is -0.532. The Balaban J connectivity index is 1.41. The molecule has 0 saturated heterocycles. The molecule has 0 bridgehead atoms. The average molecular weight is 466 g/mol. The molecule has 0 radical (unpaired) electrons. The molecule has 1 N–H and O–H groups in total. The van der Waals surface area contributed by atoms with Gasteiger partial charge in [0.05, 0.1) is 11.1 Å². The summed E-state index contributed by atoms with van der Waals surface area (Å²) in [4.78, 5) is 38.6. The zero-order chi connectivity index (χ0) is 22.5. The van der Waals surface area contributed by atoms with Crippen LogP contribution in [0.4, 0.5) is 5.69 Å². The van der Waals surface area contributed by atoms with E-state index in [-0.39, 0.29) is 16.8 Å². The van der Waals surface area contributed by atoms with Crippen molar-refractivity contribution in [1.82, 2.24) is 0 Å². The number of anilines is 1. The third kappa shape index (κ3) is 5.19. The highest BCUT2D eigenvalue weighted by molar-refractivity contribution is 7.99. The summed E-state index contributed by atoms with van der Waals surface area (Å²) >= 11 is 7.38. The number of amides is 1. The number of rotatable bonds is 6. The van der Waals surface area contributed by atoms with E-state index < -0.39 is 18.5 Å². The van der Waals surface area contributed by atoms with Gasteiger partial charge in [0.2, 0.25) is 5.76 Å². The summed E-state index contributed by atoms with van der Waals surface area (Å²) in [5.74, 6) is -1.68. The summed E-state index contributed by atoms with van der Waals surface area (Å²) in [5.41, 5.74) is 0.478. The lowest BCUT2D eigenvalue weighted by molar-refractivity contribution is -0.119. The second kappa shape index (κ2) is 9.72. The van der Waals surface area contributed by atoms with Gasteiger partial charge in [0.15, 0.2) is 12.0 Å². The van der Waals surface area contributed by atoms with E-state index in [1.54, 1.807) is 48.5 Å². The van der Waals surface area contributed by atoms with Gasteiger partial charge in [0.25, 0.3) is 5.91 Å². The smallest absolute Gasteiger partial charge is 0.374 e. The first kappa shape index (κ1) is 21.7. The van der Waals surface area contributed by atoms with Crippen molar-refractivity contribution in [1.29, 1.82) is 0 Å². The molecule has 0 saturated carbocycles. The highest BCUT2D eigenvalue weighted by Crippen LogP contribution is 2.33. The highest BCUT2D eigenvalue weighted by atomic mass is 35.5. The number of carbonyl (C=O) groups is 2. The number of halogens is 1. The molecule has 0 aliphatic carbocycles. The van der Waals surface area contributed by atoms with Crippen molar-refractivity contribution in [2.75, 3.05) is 11.9 Å². The maximum Gasteiger partial charge on any atom is 0.374 e. The number of benzene rings is 3. The van der Waals surface area contributed by atoms with Crippen LogP contribution >= 0.6 is 23.4 Å². The molecule has 0 fully saturated rings. The van der Waals surface area contributed by atoms with Gasteiger partial charge in [0, 0.05) is 20.9 Å². The molecule has 1 aromatic heterocycles. The largest absolute Gasteiger partial charge is 0.450 e. The maximum absolute atomic E-state index is 12.4. The van der Waals surface area contributed by atoms with Crippen LogP contribution in [-0.2, 0) is 9.53 Å². The van der Waals surface area contributed by atoms with Crippen LogP contribution in [0.2, 0.25) is 5.02 Å². The van der Waals surface area contributed by atoms with Crippen LogP contribution in [0.3, 0.4) is 0 Å². The Labute approximate surface area is 192 Å². The first-order valence-corrected chi connectivity index (χ1v) is 10.7. The predicted octanol–water partition coefficient (Wildman–Crippen LogP) is 5.39. The predicted molar refractivity (Wildman–Crippen MR) is 123 cm³/mol. The van der Waals surface area contributed by atoms with E-state index in [0.29, 0.717) is 16.1 Å². The molecule has 0 unspecified atom stereocenters. The van der Waals surface area contributed by atoms with Gasteiger partial charge in [-0.3, -0.25) is 9.59 Å². The number of ether oxygens (including phenoxy) is 1. The van der Waals surface area contributed by atoms with E-state index in [9.17, 15) is 14.4 Å². The molecule has 0 aliphatic rings.